The highest BCUT2D eigenvalue weighted by molar-refractivity contribution is 5.27. The van der Waals surface area contributed by atoms with E-state index < -0.39 is 6.36 Å². The summed E-state index contributed by atoms with van der Waals surface area (Å²) >= 11 is 0. The Morgan fingerprint density at radius 1 is 1.29 bits per heavy atom. The van der Waals surface area contributed by atoms with Gasteiger partial charge in [0.1, 0.15) is 5.75 Å². The van der Waals surface area contributed by atoms with Gasteiger partial charge in [0, 0.05) is 19.1 Å². The molecule has 3 nitrogen and oxygen atoms in total. The molecule has 1 atom stereocenters. The molecule has 1 aromatic rings. The molecule has 0 aromatic heterocycles. The minimum absolute atomic E-state index is 0.168. The number of rotatable bonds is 5. The molecular weight excluding hydrogens is 233 g/mol. The Labute approximate surface area is 97.8 Å². The number of ether oxygens (including phenoxy) is 1. The first-order valence-electron chi connectivity index (χ1n) is 5.19. The van der Waals surface area contributed by atoms with Crippen molar-refractivity contribution in [3.8, 4) is 5.75 Å². The second kappa shape index (κ2) is 5.88. The fraction of sp³-hybridized carbons (Fsp3) is 0.455. The minimum atomic E-state index is -4.65. The van der Waals surface area contributed by atoms with E-state index in [0.29, 0.717) is 13.1 Å². The van der Waals surface area contributed by atoms with E-state index >= 15 is 0 Å². The first-order chi connectivity index (χ1) is 7.90. The molecule has 0 aliphatic carbocycles. The van der Waals surface area contributed by atoms with Gasteiger partial charge in [-0.1, -0.05) is 12.1 Å². The Morgan fingerprint density at radius 3 is 2.35 bits per heavy atom. The minimum Gasteiger partial charge on any atom is -0.406 e. The van der Waals surface area contributed by atoms with Crippen LogP contribution in [-0.2, 0) is 6.54 Å². The quantitative estimate of drug-likeness (QED) is 0.838. The number of halogens is 3. The lowest BCUT2D eigenvalue weighted by atomic mass is 10.2. The molecule has 3 N–H and O–H groups in total. The van der Waals surface area contributed by atoms with Gasteiger partial charge in [0.25, 0.3) is 0 Å². The normalized spacial score (nSPS) is 13.5. The van der Waals surface area contributed by atoms with E-state index in [2.05, 4.69) is 10.1 Å². The molecule has 0 spiro atoms. The summed E-state index contributed by atoms with van der Waals surface area (Å²) in [5.41, 5.74) is 6.30. The molecule has 1 aromatic carbocycles. The summed E-state index contributed by atoms with van der Waals surface area (Å²) in [6, 6.07) is 5.91. The van der Waals surface area contributed by atoms with Gasteiger partial charge in [0.15, 0.2) is 0 Å². The van der Waals surface area contributed by atoms with Crippen LogP contribution in [0.2, 0.25) is 0 Å². The number of nitrogens with one attached hydrogen (secondary N) is 1. The van der Waals surface area contributed by atoms with Gasteiger partial charge >= 0.3 is 6.36 Å². The Kier molecular flexibility index (Phi) is 4.77. The third-order valence-corrected chi connectivity index (χ3v) is 2.17. The standard InChI is InChI=1S/C11H15F3N2O/c1-8(6-15)16-7-9-2-4-10(5-3-9)17-11(12,13)14/h2-5,8,16H,6-7,15H2,1H3. The Balaban J connectivity index is 2.50. The van der Waals surface area contributed by atoms with Crippen molar-refractivity contribution >= 4 is 0 Å². The Morgan fingerprint density at radius 2 is 1.88 bits per heavy atom. The number of nitrogens with two attached hydrogens (primary N) is 1. The summed E-state index contributed by atoms with van der Waals surface area (Å²) in [7, 11) is 0. The van der Waals surface area contributed by atoms with Crippen molar-refractivity contribution < 1.29 is 17.9 Å². The largest absolute Gasteiger partial charge is 0.573 e. The van der Waals surface area contributed by atoms with Crippen LogP contribution in [0.5, 0.6) is 5.75 Å². The van der Waals surface area contributed by atoms with Crippen molar-refractivity contribution in [1.29, 1.82) is 0 Å². The third kappa shape index (κ3) is 5.55. The second-order valence-corrected chi connectivity index (χ2v) is 3.71. The lowest BCUT2D eigenvalue weighted by molar-refractivity contribution is -0.274. The molecule has 6 heteroatoms. The second-order valence-electron chi connectivity index (χ2n) is 3.71. The third-order valence-electron chi connectivity index (χ3n) is 2.17. The van der Waals surface area contributed by atoms with Crippen LogP contribution in [0.4, 0.5) is 13.2 Å². The van der Waals surface area contributed by atoms with Crippen molar-refractivity contribution in [3.05, 3.63) is 29.8 Å². The fourth-order valence-corrected chi connectivity index (χ4v) is 1.18. The number of alkyl halides is 3. The molecule has 0 aliphatic heterocycles. The lowest BCUT2D eigenvalue weighted by Crippen LogP contribution is -2.32. The van der Waals surface area contributed by atoms with Crippen molar-refractivity contribution in [3.63, 3.8) is 0 Å². The maximum absolute atomic E-state index is 11.9. The van der Waals surface area contributed by atoms with Gasteiger partial charge < -0.3 is 15.8 Å². The van der Waals surface area contributed by atoms with Crippen molar-refractivity contribution in [2.45, 2.75) is 25.9 Å². The maximum atomic E-state index is 11.9. The maximum Gasteiger partial charge on any atom is 0.573 e. The Hall–Kier alpha value is -1.27. The monoisotopic (exact) mass is 248 g/mol. The fourth-order valence-electron chi connectivity index (χ4n) is 1.18. The molecule has 0 bridgehead atoms. The summed E-state index contributed by atoms with van der Waals surface area (Å²) in [6.07, 6.45) is -4.65. The average molecular weight is 248 g/mol. The van der Waals surface area contributed by atoms with Crippen LogP contribution in [0.1, 0.15) is 12.5 Å². The van der Waals surface area contributed by atoms with Crippen LogP contribution < -0.4 is 15.8 Å². The molecule has 1 unspecified atom stereocenters. The molecule has 0 fully saturated rings. The predicted octanol–water partition coefficient (Wildman–Crippen LogP) is 2.02. The van der Waals surface area contributed by atoms with E-state index in [9.17, 15) is 13.2 Å². The van der Waals surface area contributed by atoms with Crippen LogP contribution >= 0.6 is 0 Å². The van der Waals surface area contributed by atoms with E-state index in [1.54, 1.807) is 12.1 Å². The van der Waals surface area contributed by atoms with Crippen LogP contribution in [0.15, 0.2) is 24.3 Å². The lowest BCUT2D eigenvalue weighted by Gasteiger charge is -2.12. The number of hydrogen-bond acceptors (Lipinski definition) is 3. The molecule has 0 amide bonds. The highest BCUT2D eigenvalue weighted by Gasteiger charge is 2.30. The number of hydrogen-bond donors (Lipinski definition) is 2. The number of benzene rings is 1. The molecule has 0 saturated heterocycles. The van der Waals surface area contributed by atoms with Crippen molar-refractivity contribution in [1.82, 2.24) is 5.32 Å². The topological polar surface area (TPSA) is 47.3 Å². The molecule has 0 aliphatic rings. The van der Waals surface area contributed by atoms with Gasteiger partial charge in [-0.15, -0.1) is 13.2 Å². The Bertz CT molecular complexity index is 338. The highest BCUT2D eigenvalue weighted by atomic mass is 19.4. The average Bonchev–Trinajstić information content (AvgIpc) is 2.25. The van der Waals surface area contributed by atoms with Crippen LogP contribution in [0.25, 0.3) is 0 Å². The van der Waals surface area contributed by atoms with E-state index in [4.69, 9.17) is 5.73 Å². The van der Waals surface area contributed by atoms with Crippen LogP contribution in [-0.4, -0.2) is 18.9 Å². The summed E-state index contributed by atoms with van der Waals surface area (Å²) in [6.45, 7) is 3.00. The van der Waals surface area contributed by atoms with Crippen LogP contribution in [0.3, 0.4) is 0 Å². The van der Waals surface area contributed by atoms with Crippen molar-refractivity contribution in [2.24, 2.45) is 5.73 Å². The molecule has 17 heavy (non-hydrogen) atoms. The van der Waals surface area contributed by atoms with E-state index in [-0.39, 0.29) is 11.8 Å². The summed E-state index contributed by atoms with van der Waals surface area (Å²) in [5.74, 6) is -0.215. The van der Waals surface area contributed by atoms with Gasteiger partial charge in [-0.25, -0.2) is 0 Å². The zero-order valence-corrected chi connectivity index (χ0v) is 9.42. The SMILES string of the molecule is CC(CN)NCc1ccc(OC(F)(F)F)cc1. The molecule has 0 saturated carbocycles. The molecule has 0 radical (unpaired) electrons. The predicted molar refractivity (Wildman–Crippen MR) is 58.5 cm³/mol. The zero-order chi connectivity index (χ0) is 12.9. The van der Waals surface area contributed by atoms with E-state index in [1.807, 2.05) is 6.92 Å². The van der Waals surface area contributed by atoms with Crippen LogP contribution in [0, 0.1) is 0 Å². The van der Waals surface area contributed by atoms with E-state index in [0.717, 1.165) is 5.56 Å². The first-order valence-corrected chi connectivity index (χ1v) is 5.19. The van der Waals surface area contributed by atoms with Crippen molar-refractivity contribution in [2.75, 3.05) is 6.54 Å². The van der Waals surface area contributed by atoms with Gasteiger partial charge in [-0.05, 0) is 24.6 Å². The molecular formula is C11H15F3N2O. The summed E-state index contributed by atoms with van der Waals surface area (Å²) in [5, 5.41) is 3.13. The zero-order valence-electron chi connectivity index (χ0n) is 9.42. The van der Waals surface area contributed by atoms with Gasteiger partial charge in [0.05, 0.1) is 0 Å². The summed E-state index contributed by atoms with van der Waals surface area (Å²) < 4.78 is 39.4. The smallest absolute Gasteiger partial charge is 0.406 e. The first kappa shape index (κ1) is 13.8. The van der Waals surface area contributed by atoms with E-state index in [1.165, 1.54) is 12.1 Å². The highest BCUT2D eigenvalue weighted by Crippen LogP contribution is 2.22. The summed E-state index contributed by atoms with van der Waals surface area (Å²) in [4.78, 5) is 0. The van der Waals surface area contributed by atoms with Gasteiger partial charge in [0.2, 0.25) is 0 Å². The van der Waals surface area contributed by atoms with Gasteiger partial charge in [-0.2, -0.15) is 0 Å². The molecule has 1 rings (SSSR count). The molecule has 96 valence electrons. The molecule has 0 heterocycles. The van der Waals surface area contributed by atoms with Gasteiger partial charge in [-0.3, -0.25) is 0 Å².